The predicted octanol–water partition coefficient (Wildman–Crippen LogP) is 1.99. The summed E-state index contributed by atoms with van der Waals surface area (Å²) in [6.07, 6.45) is 0. The van der Waals surface area contributed by atoms with Crippen molar-refractivity contribution in [3.05, 3.63) is 22.0 Å². The lowest BCUT2D eigenvalue weighted by Gasteiger charge is -2.03. The van der Waals surface area contributed by atoms with Crippen molar-refractivity contribution in [2.24, 2.45) is 0 Å². The zero-order valence-corrected chi connectivity index (χ0v) is 12.3. The number of methoxy groups -OCH3 is 1. The summed E-state index contributed by atoms with van der Waals surface area (Å²) < 4.78 is 4.92. The molecular formula is C13H17N3O2S. The third-order valence-corrected chi connectivity index (χ3v) is 4.07. The minimum atomic E-state index is -0.0744. The number of aryl methyl sites for hydroxylation is 3. The molecule has 0 atom stereocenters. The number of nitrogens with one attached hydrogen (secondary N) is 1. The second-order valence-corrected chi connectivity index (χ2v) is 5.34. The number of ether oxygens (including phenoxy) is 1. The third kappa shape index (κ3) is 2.74. The molecule has 0 aliphatic rings. The van der Waals surface area contributed by atoms with Gasteiger partial charge in [0, 0.05) is 24.7 Å². The van der Waals surface area contributed by atoms with Crippen molar-refractivity contribution in [3.8, 4) is 0 Å². The molecule has 0 unspecified atom stereocenters. The highest BCUT2D eigenvalue weighted by molar-refractivity contribution is 7.20. The maximum absolute atomic E-state index is 12.1. The van der Waals surface area contributed by atoms with Gasteiger partial charge in [-0.1, -0.05) is 0 Å². The van der Waals surface area contributed by atoms with Gasteiger partial charge < -0.3 is 10.1 Å². The summed E-state index contributed by atoms with van der Waals surface area (Å²) in [5.41, 5.74) is 1.87. The summed E-state index contributed by atoms with van der Waals surface area (Å²) in [6.45, 7) is 6.76. The van der Waals surface area contributed by atoms with Crippen LogP contribution in [0.25, 0.3) is 10.2 Å². The van der Waals surface area contributed by atoms with Crippen LogP contribution in [0.15, 0.2) is 0 Å². The molecule has 102 valence electrons. The van der Waals surface area contributed by atoms with Crippen molar-refractivity contribution in [2.75, 3.05) is 20.3 Å². The molecule has 0 aliphatic heterocycles. The molecule has 0 saturated heterocycles. The Labute approximate surface area is 116 Å². The van der Waals surface area contributed by atoms with Gasteiger partial charge >= 0.3 is 0 Å². The second kappa shape index (κ2) is 5.63. The fraction of sp³-hybridized carbons (Fsp3) is 0.462. The highest BCUT2D eigenvalue weighted by Gasteiger charge is 2.18. The average Bonchev–Trinajstić information content (AvgIpc) is 2.66. The third-order valence-electron chi connectivity index (χ3n) is 2.88. The van der Waals surface area contributed by atoms with Crippen molar-refractivity contribution in [3.63, 3.8) is 0 Å². The predicted molar refractivity (Wildman–Crippen MR) is 75.8 cm³/mol. The summed E-state index contributed by atoms with van der Waals surface area (Å²) in [7, 11) is 1.61. The fourth-order valence-electron chi connectivity index (χ4n) is 2.04. The molecule has 0 fully saturated rings. The van der Waals surface area contributed by atoms with Gasteiger partial charge in [-0.3, -0.25) is 4.79 Å². The first-order valence-corrected chi connectivity index (χ1v) is 6.87. The Balaban J connectivity index is 2.37. The van der Waals surface area contributed by atoms with E-state index in [-0.39, 0.29) is 5.91 Å². The zero-order valence-electron chi connectivity index (χ0n) is 11.5. The van der Waals surface area contributed by atoms with Crippen molar-refractivity contribution in [1.82, 2.24) is 15.3 Å². The Kier molecular flexibility index (Phi) is 4.11. The first-order valence-electron chi connectivity index (χ1n) is 6.06. The molecule has 2 aromatic heterocycles. The zero-order chi connectivity index (χ0) is 14.0. The van der Waals surface area contributed by atoms with E-state index in [1.54, 1.807) is 7.11 Å². The van der Waals surface area contributed by atoms with Crippen LogP contribution in [0.4, 0.5) is 0 Å². The summed E-state index contributed by atoms with van der Waals surface area (Å²) in [6, 6.07) is 0. The molecule has 0 aromatic carbocycles. The Morgan fingerprint density at radius 2 is 2.05 bits per heavy atom. The lowest BCUT2D eigenvalue weighted by molar-refractivity contribution is 0.0940. The van der Waals surface area contributed by atoms with E-state index in [2.05, 4.69) is 15.3 Å². The van der Waals surface area contributed by atoms with Crippen LogP contribution >= 0.6 is 11.3 Å². The van der Waals surface area contributed by atoms with Crippen molar-refractivity contribution < 1.29 is 9.53 Å². The number of thiophene rings is 1. The van der Waals surface area contributed by atoms with Crippen molar-refractivity contribution >= 4 is 27.5 Å². The van der Waals surface area contributed by atoms with Crippen molar-refractivity contribution in [1.29, 1.82) is 0 Å². The number of carbonyl (C=O) groups excluding carboxylic acids is 1. The average molecular weight is 279 g/mol. The molecule has 1 N–H and O–H groups in total. The molecule has 0 bridgehead atoms. The Hall–Kier alpha value is -1.53. The minimum absolute atomic E-state index is 0.0744. The molecule has 0 spiro atoms. The number of rotatable bonds is 4. The number of fused-ring (bicyclic) bond motifs is 1. The second-order valence-electron chi connectivity index (χ2n) is 4.34. The van der Waals surface area contributed by atoms with Crippen LogP contribution in [-0.4, -0.2) is 36.1 Å². The van der Waals surface area contributed by atoms with Crippen molar-refractivity contribution in [2.45, 2.75) is 20.8 Å². The molecular weight excluding hydrogens is 262 g/mol. The first-order chi connectivity index (χ1) is 9.04. The molecule has 2 aromatic rings. The van der Waals surface area contributed by atoms with Gasteiger partial charge in [0.15, 0.2) is 0 Å². The Morgan fingerprint density at radius 1 is 1.32 bits per heavy atom. The van der Waals surface area contributed by atoms with Crippen LogP contribution in [-0.2, 0) is 4.74 Å². The minimum Gasteiger partial charge on any atom is -0.383 e. The normalized spacial score (nSPS) is 10.9. The highest BCUT2D eigenvalue weighted by atomic mass is 32.1. The lowest BCUT2D eigenvalue weighted by Crippen LogP contribution is -2.26. The van der Waals surface area contributed by atoms with Crippen LogP contribution in [0.2, 0.25) is 0 Å². The smallest absolute Gasteiger partial charge is 0.261 e. The quantitative estimate of drug-likeness (QED) is 0.869. The van der Waals surface area contributed by atoms with Gasteiger partial charge in [0.05, 0.1) is 11.5 Å². The number of amides is 1. The van der Waals surface area contributed by atoms with Gasteiger partial charge in [0.25, 0.3) is 5.91 Å². The lowest BCUT2D eigenvalue weighted by atomic mass is 10.1. The van der Waals surface area contributed by atoms with E-state index in [1.165, 1.54) is 11.3 Å². The van der Waals surface area contributed by atoms with E-state index in [9.17, 15) is 4.79 Å². The topological polar surface area (TPSA) is 64.1 Å². The van der Waals surface area contributed by atoms with Gasteiger partial charge in [0.2, 0.25) is 0 Å². The number of carbonyl (C=O) groups is 1. The van der Waals surface area contributed by atoms with E-state index in [4.69, 9.17) is 4.74 Å². The molecule has 19 heavy (non-hydrogen) atoms. The Morgan fingerprint density at radius 3 is 2.74 bits per heavy atom. The van der Waals surface area contributed by atoms with Gasteiger partial charge in [0.1, 0.15) is 10.7 Å². The van der Waals surface area contributed by atoms with E-state index < -0.39 is 0 Å². The molecule has 5 nitrogen and oxygen atoms in total. The number of hydrogen-bond acceptors (Lipinski definition) is 5. The molecule has 2 rings (SSSR count). The fourth-order valence-corrected chi connectivity index (χ4v) is 3.23. The standard InChI is InChI=1S/C13H17N3O2S/c1-7-10-8(2)15-9(3)16-13(10)19-11(7)12(17)14-5-6-18-4/h5-6H2,1-4H3,(H,14,17). The SMILES string of the molecule is COCCNC(=O)c1sc2nc(C)nc(C)c2c1C. The van der Waals surface area contributed by atoms with Gasteiger partial charge in [-0.15, -0.1) is 11.3 Å². The molecule has 0 aliphatic carbocycles. The number of nitrogens with zero attached hydrogens (tertiary/aromatic N) is 2. The van der Waals surface area contributed by atoms with E-state index in [0.717, 1.165) is 27.3 Å². The molecule has 2 heterocycles. The van der Waals surface area contributed by atoms with Crippen LogP contribution < -0.4 is 5.32 Å². The maximum Gasteiger partial charge on any atom is 0.261 e. The molecule has 6 heteroatoms. The van der Waals surface area contributed by atoms with E-state index >= 15 is 0 Å². The summed E-state index contributed by atoms with van der Waals surface area (Å²) in [4.78, 5) is 22.4. The number of aromatic nitrogens is 2. The monoisotopic (exact) mass is 279 g/mol. The summed E-state index contributed by atoms with van der Waals surface area (Å²) in [5, 5.41) is 3.83. The van der Waals surface area contributed by atoms with E-state index in [1.807, 2.05) is 20.8 Å². The van der Waals surface area contributed by atoms with Crippen LogP contribution in [0.1, 0.15) is 26.8 Å². The molecule has 1 amide bonds. The maximum atomic E-state index is 12.1. The largest absolute Gasteiger partial charge is 0.383 e. The van der Waals surface area contributed by atoms with Crippen LogP contribution in [0, 0.1) is 20.8 Å². The number of hydrogen-bond donors (Lipinski definition) is 1. The van der Waals surface area contributed by atoms with E-state index in [0.29, 0.717) is 18.0 Å². The summed E-state index contributed by atoms with van der Waals surface area (Å²) >= 11 is 1.41. The summed E-state index contributed by atoms with van der Waals surface area (Å²) in [5.74, 6) is 0.659. The van der Waals surface area contributed by atoms with Crippen LogP contribution in [0.5, 0.6) is 0 Å². The van der Waals surface area contributed by atoms with Gasteiger partial charge in [-0.2, -0.15) is 0 Å². The van der Waals surface area contributed by atoms with Gasteiger partial charge in [-0.25, -0.2) is 9.97 Å². The molecule has 0 radical (unpaired) electrons. The van der Waals surface area contributed by atoms with Gasteiger partial charge in [-0.05, 0) is 26.3 Å². The first kappa shape index (κ1) is 13.9. The molecule has 0 saturated carbocycles. The van der Waals surface area contributed by atoms with Crippen LogP contribution in [0.3, 0.4) is 0 Å². The Bertz CT molecular complexity index is 622. The highest BCUT2D eigenvalue weighted by Crippen LogP contribution is 2.30.